The summed E-state index contributed by atoms with van der Waals surface area (Å²) >= 11 is 14.0. The summed E-state index contributed by atoms with van der Waals surface area (Å²) in [6, 6.07) is 19.1. The van der Waals surface area contributed by atoms with Gasteiger partial charge in [0.1, 0.15) is 5.75 Å². The molecular weight excluding hydrogens is 413 g/mol. The summed E-state index contributed by atoms with van der Waals surface area (Å²) in [7, 11) is 0. The molecule has 0 bridgehead atoms. The van der Waals surface area contributed by atoms with E-state index in [0.29, 0.717) is 22.6 Å². The molecule has 2 N–H and O–H groups in total. The van der Waals surface area contributed by atoms with Crippen LogP contribution in [0.25, 0.3) is 0 Å². The van der Waals surface area contributed by atoms with Crippen molar-refractivity contribution in [3.05, 3.63) is 87.4 Å². The largest absolute Gasteiger partial charge is 0.506 e. The minimum atomic E-state index is -0.160. The van der Waals surface area contributed by atoms with Gasteiger partial charge in [0.05, 0.1) is 23.0 Å². The maximum Gasteiger partial charge on any atom is 0.143 e. The summed E-state index contributed by atoms with van der Waals surface area (Å²) in [4.78, 5) is 5.92. The highest BCUT2D eigenvalue weighted by Crippen LogP contribution is 2.46. The Bertz CT molecular complexity index is 1050. The highest BCUT2D eigenvalue weighted by atomic mass is 35.5. The number of hydrogen-bond donors (Lipinski definition) is 2. The molecule has 1 unspecified atom stereocenters. The van der Waals surface area contributed by atoms with Crippen molar-refractivity contribution >= 4 is 46.4 Å². The van der Waals surface area contributed by atoms with Crippen LogP contribution >= 0.6 is 35.0 Å². The van der Waals surface area contributed by atoms with E-state index >= 15 is 0 Å². The minimum Gasteiger partial charge on any atom is -0.506 e. The number of aromatic hydroxyl groups is 1. The van der Waals surface area contributed by atoms with E-state index in [1.807, 2.05) is 48.5 Å². The van der Waals surface area contributed by atoms with Crippen molar-refractivity contribution < 1.29 is 10.2 Å². The third-order valence-electron chi connectivity index (χ3n) is 4.63. The zero-order chi connectivity index (χ0) is 19.7. The molecule has 142 valence electrons. The molecule has 3 aromatic rings. The number of phenols is 1. The maximum atomic E-state index is 10.6. The van der Waals surface area contributed by atoms with E-state index in [-0.39, 0.29) is 22.6 Å². The molecular formula is C22H17Cl2NO2S. The number of para-hydroxylation sites is 1. The molecule has 6 heteroatoms. The predicted octanol–water partition coefficient (Wildman–Crippen LogP) is 6.55. The van der Waals surface area contributed by atoms with Gasteiger partial charge in [-0.3, -0.25) is 4.99 Å². The van der Waals surface area contributed by atoms with Crippen molar-refractivity contribution in [2.75, 3.05) is 0 Å². The van der Waals surface area contributed by atoms with Gasteiger partial charge in [-0.15, -0.1) is 11.8 Å². The van der Waals surface area contributed by atoms with E-state index < -0.39 is 0 Å². The first-order valence-electron chi connectivity index (χ1n) is 8.76. The van der Waals surface area contributed by atoms with Gasteiger partial charge in [-0.05, 0) is 47.5 Å². The second-order valence-electron chi connectivity index (χ2n) is 6.52. The lowest BCUT2D eigenvalue weighted by atomic mass is 9.98. The number of hydrogen-bond acceptors (Lipinski definition) is 4. The fraction of sp³-hybridized carbons (Fsp3) is 0.136. The van der Waals surface area contributed by atoms with Gasteiger partial charge in [-0.25, -0.2) is 0 Å². The summed E-state index contributed by atoms with van der Waals surface area (Å²) < 4.78 is 0. The number of nitrogens with zero attached hydrogens (tertiary/aromatic N) is 1. The summed E-state index contributed by atoms with van der Waals surface area (Å²) in [6.45, 7) is -0.160. The number of aliphatic hydroxyl groups is 1. The summed E-state index contributed by atoms with van der Waals surface area (Å²) in [6.07, 6.45) is 0.597. The lowest BCUT2D eigenvalue weighted by Crippen LogP contribution is -2.07. The van der Waals surface area contributed by atoms with Gasteiger partial charge in [0.15, 0.2) is 0 Å². The van der Waals surface area contributed by atoms with Crippen LogP contribution in [0.2, 0.25) is 10.0 Å². The van der Waals surface area contributed by atoms with E-state index in [2.05, 4.69) is 0 Å². The van der Waals surface area contributed by atoms with Gasteiger partial charge in [0, 0.05) is 27.2 Å². The fourth-order valence-corrected chi connectivity index (χ4v) is 4.81. The standard InChI is InChI=1S/C22H17Cl2NO2S/c23-15-7-5-14(6-8-15)21-11-19(25-18-3-1-2-4-20(18)28-21)16-9-13(12-26)10-17(24)22(16)27/h1-10,21,26-27H,11-12H2. The van der Waals surface area contributed by atoms with Crippen LogP contribution in [-0.4, -0.2) is 15.9 Å². The van der Waals surface area contributed by atoms with Gasteiger partial charge >= 0.3 is 0 Å². The van der Waals surface area contributed by atoms with Crippen molar-refractivity contribution in [3.63, 3.8) is 0 Å². The van der Waals surface area contributed by atoms with Crippen LogP contribution in [0.4, 0.5) is 5.69 Å². The van der Waals surface area contributed by atoms with Crippen molar-refractivity contribution in [1.29, 1.82) is 0 Å². The molecule has 1 atom stereocenters. The van der Waals surface area contributed by atoms with E-state index in [0.717, 1.165) is 21.9 Å². The second kappa shape index (κ2) is 8.18. The number of aliphatic imine (C=N–C) groups is 1. The summed E-state index contributed by atoms with van der Waals surface area (Å²) in [5.74, 6) is -0.0168. The van der Waals surface area contributed by atoms with Crippen LogP contribution in [0.1, 0.15) is 28.4 Å². The molecule has 0 spiro atoms. The Labute approximate surface area is 177 Å². The molecule has 1 aliphatic heterocycles. The van der Waals surface area contributed by atoms with Crippen molar-refractivity contribution in [1.82, 2.24) is 0 Å². The number of fused-ring (bicyclic) bond motifs is 1. The Hall–Kier alpha value is -1.98. The number of aliphatic hydroxyl groups excluding tert-OH is 1. The lowest BCUT2D eigenvalue weighted by Gasteiger charge is -2.17. The zero-order valence-electron chi connectivity index (χ0n) is 14.8. The molecule has 0 saturated heterocycles. The lowest BCUT2D eigenvalue weighted by molar-refractivity contribution is 0.281. The molecule has 1 aliphatic rings. The van der Waals surface area contributed by atoms with Crippen LogP contribution in [0, 0.1) is 0 Å². The zero-order valence-corrected chi connectivity index (χ0v) is 17.1. The Morgan fingerprint density at radius 2 is 1.79 bits per heavy atom. The van der Waals surface area contributed by atoms with Gasteiger partial charge in [-0.1, -0.05) is 47.5 Å². The minimum absolute atomic E-state index is 0.0168. The number of rotatable bonds is 3. The molecule has 1 heterocycles. The third-order valence-corrected chi connectivity index (χ3v) is 6.49. The predicted molar refractivity (Wildman–Crippen MR) is 116 cm³/mol. The summed E-state index contributed by atoms with van der Waals surface area (Å²) in [5, 5.41) is 21.1. The molecule has 0 amide bonds. The highest BCUT2D eigenvalue weighted by molar-refractivity contribution is 7.99. The molecule has 3 aromatic carbocycles. The average molecular weight is 430 g/mol. The molecule has 0 radical (unpaired) electrons. The molecule has 28 heavy (non-hydrogen) atoms. The van der Waals surface area contributed by atoms with Crippen LogP contribution in [0.15, 0.2) is 70.6 Å². The second-order valence-corrected chi connectivity index (χ2v) is 8.61. The van der Waals surface area contributed by atoms with Gasteiger partial charge in [0.25, 0.3) is 0 Å². The quantitative estimate of drug-likeness (QED) is 0.496. The maximum absolute atomic E-state index is 10.6. The fourth-order valence-electron chi connectivity index (χ4n) is 3.21. The molecule has 0 aliphatic carbocycles. The monoisotopic (exact) mass is 429 g/mol. The molecule has 3 nitrogen and oxygen atoms in total. The third kappa shape index (κ3) is 3.91. The Kier molecular flexibility index (Phi) is 5.65. The molecule has 0 aromatic heterocycles. The molecule has 4 rings (SSSR count). The van der Waals surface area contributed by atoms with Gasteiger partial charge in [0.2, 0.25) is 0 Å². The smallest absolute Gasteiger partial charge is 0.143 e. The molecule has 0 fully saturated rings. The number of thioether (sulfide) groups is 1. The number of phenolic OH excluding ortho intramolecular Hbond substituents is 1. The van der Waals surface area contributed by atoms with Gasteiger partial charge in [-0.2, -0.15) is 0 Å². The van der Waals surface area contributed by atoms with Crippen molar-refractivity contribution in [2.24, 2.45) is 4.99 Å². The van der Waals surface area contributed by atoms with E-state index in [1.54, 1.807) is 23.9 Å². The first kappa shape index (κ1) is 19.3. The Balaban J connectivity index is 1.85. The van der Waals surface area contributed by atoms with Crippen LogP contribution in [0.5, 0.6) is 5.75 Å². The van der Waals surface area contributed by atoms with E-state index in [9.17, 15) is 10.2 Å². The summed E-state index contributed by atoms with van der Waals surface area (Å²) in [5.41, 5.74) is 3.89. The van der Waals surface area contributed by atoms with Crippen LogP contribution < -0.4 is 0 Å². The van der Waals surface area contributed by atoms with Crippen LogP contribution in [0.3, 0.4) is 0 Å². The Morgan fingerprint density at radius 3 is 2.54 bits per heavy atom. The van der Waals surface area contributed by atoms with E-state index in [1.165, 1.54) is 0 Å². The number of halogens is 2. The van der Waals surface area contributed by atoms with Crippen molar-refractivity contribution in [3.8, 4) is 5.75 Å². The highest BCUT2D eigenvalue weighted by Gasteiger charge is 2.24. The number of benzene rings is 3. The van der Waals surface area contributed by atoms with E-state index in [4.69, 9.17) is 28.2 Å². The first-order chi connectivity index (χ1) is 13.5. The topological polar surface area (TPSA) is 52.8 Å². The first-order valence-corrected chi connectivity index (χ1v) is 10.4. The average Bonchev–Trinajstić information content (AvgIpc) is 2.90. The Morgan fingerprint density at radius 1 is 1.04 bits per heavy atom. The van der Waals surface area contributed by atoms with Crippen LogP contribution in [-0.2, 0) is 6.61 Å². The molecule has 0 saturated carbocycles. The van der Waals surface area contributed by atoms with Crippen molar-refractivity contribution in [2.45, 2.75) is 23.2 Å². The SMILES string of the molecule is OCc1cc(Cl)c(O)c(C2=Nc3ccccc3SC(c3ccc(Cl)cc3)C2)c1. The van der Waals surface area contributed by atoms with Gasteiger partial charge < -0.3 is 10.2 Å². The normalized spacial score (nSPS) is 16.2.